The summed E-state index contributed by atoms with van der Waals surface area (Å²) in [4.78, 5) is 0. The lowest BCUT2D eigenvalue weighted by Gasteiger charge is -2.11. The Labute approximate surface area is 230 Å². The summed E-state index contributed by atoms with van der Waals surface area (Å²) in [7, 11) is 0. The Kier molecular flexibility index (Phi) is 4.26. The summed E-state index contributed by atoms with van der Waals surface area (Å²) in [5, 5.41) is 7.29. The van der Waals surface area contributed by atoms with Crippen molar-refractivity contribution in [3.63, 3.8) is 0 Å². The molecular formula is C37H24N2O. The Hall–Kier alpha value is -5.28. The average Bonchev–Trinajstić information content (AvgIpc) is 3.64. The Bertz CT molecular complexity index is 2450. The van der Waals surface area contributed by atoms with E-state index in [0.29, 0.717) is 0 Å². The van der Waals surface area contributed by atoms with Gasteiger partial charge in [0.2, 0.25) is 0 Å². The monoisotopic (exact) mass is 512 g/mol. The Morgan fingerprint density at radius 1 is 0.450 bits per heavy atom. The molecule has 0 N–H and O–H groups in total. The first-order valence-electron chi connectivity index (χ1n) is 13.7. The van der Waals surface area contributed by atoms with Crippen LogP contribution in [0.1, 0.15) is 5.56 Å². The quantitative estimate of drug-likeness (QED) is 0.226. The van der Waals surface area contributed by atoms with Gasteiger partial charge in [0, 0.05) is 38.0 Å². The van der Waals surface area contributed by atoms with Gasteiger partial charge in [-0.1, -0.05) is 78.4 Å². The third kappa shape index (κ3) is 2.84. The summed E-state index contributed by atoms with van der Waals surface area (Å²) in [6, 6.07) is 45.7. The first-order valence-corrected chi connectivity index (χ1v) is 13.7. The summed E-state index contributed by atoms with van der Waals surface area (Å²) in [5.74, 6) is 0. The molecule has 0 aliphatic carbocycles. The van der Waals surface area contributed by atoms with Crippen LogP contribution in [0.4, 0.5) is 0 Å². The van der Waals surface area contributed by atoms with Crippen LogP contribution >= 0.6 is 0 Å². The summed E-state index contributed by atoms with van der Waals surface area (Å²) in [5.41, 5.74) is 10.1. The number of nitrogens with zero attached hydrogens (tertiary/aromatic N) is 2. The molecule has 188 valence electrons. The fourth-order valence-corrected chi connectivity index (χ4v) is 6.63. The van der Waals surface area contributed by atoms with E-state index >= 15 is 0 Å². The van der Waals surface area contributed by atoms with Crippen molar-refractivity contribution in [1.82, 2.24) is 9.13 Å². The molecule has 0 bridgehead atoms. The van der Waals surface area contributed by atoms with Crippen molar-refractivity contribution in [1.29, 1.82) is 0 Å². The molecule has 40 heavy (non-hydrogen) atoms. The number of aryl methyl sites for hydroxylation is 1. The maximum absolute atomic E-state index is 6.47. The normalized spacial score (nSPS) is 12.1. The number of aromatic nitrogens is 2. The van der Waals surface area contributed by atoms with Crippen molar-refractivity contribution in [2.45, 2.75) is 6.92 Å². The van der Waals surface area contributed by atoms with Gasteiger partial charge in [-0.25, -0.2) is 0 Å². The van der Waals surface area contributed by atoms with Gasteiger partial charge in [-0.05, 0) is 61.5 Å². The van der Waals surface area contributed by atoms with E-state index in [1.165, 1.54) is 43.7 Å². The summed E-state index contributed by atoms with van der Waals surface area (Å²) < 4.78 is 11.2. The second-order valence-corrected chi connectivity index (χ2v) is 10.7. The van der Waals surface area contributed by atoms with Gasteiger partial charge < -0.3 is 13.6 Å². The number of rotatable bonds is 2. The van der Waals surface area contributed by atoms with Crippen LogP contribution in [0.3, 0.4) is 0 Å². The van der Waals surface area contributed by atoms with Crippen molar-refractivity contribution in [3.05, 3.63) is 133 Å². The van der Waals surface area contributed by atoms with Crippen molar-refractivity contribution in [2.75, 3.05) is 0 Å². The molecule has 0 amide bonds. The van der Waals surface area contributed by atoms with Gasteiger partial charge in [-0.2, -0.15) is 0 Å². The predicted octanol–water partition coefficient (Wildman–Crippen LogP) is 10.1. The van der Waals surface area contributed by atoms with Crippen molar-refractivity contribution in [3.8, 4) is 11.4 Å². The van der Waals surface area contributed by atoms with E-state index in [1.807, 2.05) is 12.1 Å². The molecule has 3 heterocycles. The molecule has 3 aromatic heterocycles. The minimum Gasteiger partial charge on any atom is -0.454 e. The molecule has 3 heteroatoms. The number of benzene rings is 6. The zero-order valence-electron chi connectivity index (χ0n) is 21.9. The second-order valence-electron chi connectivity index (χ2n) is 10.7. The summed E-state index contributed by atoms with van der Waals surface area (Å²) in [6.45, 7) is 2.16. The molecule has 0 spiro atoms. The highest BCUT2D eigenvalue weighted by Crippen LogP contribution is 2.39. The van der Waals surface area contributed by atoms with Crippen LogP contribution < -0.4 is 0 Å². The van der Waals surface area contributed by atoms with Gasteiger partial charge >= 0.3 is 0 Å². The Morgan fingerprint density at radius 3 is 1.88 bits per heavy atom. The molecule has 3 nitrogen and oxygen atoms in total. The van der Waals surface area contributed by atoms with Crippen LogP contribution in [0, 0.1) is 6.92 Å². The fraction of sp³-hybridized carbons (Fsp3) is 0.0270. The van der Waals surface area contributed by atoms with Gasteiger partial charge in [0.25, 0.3) is 0 Å². The molecule has 0 saturated heterocycles. The van der Waals surface area contributed by atoms with Crippen LogP contribution in [-0.4, -0.2) is 9.13 Å². The smallest absolute Gasteiger partial charge is 0.159 e. The first kappa shape index (κ1) is 21.6. The van der Waals surface area contributed by atoms with Crippen LogP contribution in [0.5, 0.6) is 0 Å². The minimum atomic E-state index is 0.910. The molecule has 0 saturated carbocycles. The van der Waals surface area contributed by atoms with E-state index in [2.05, 4.69) is 131 Å². The van der Waals surface area contributed by atoms with Crippen molar-refractivity contribution < 1.29 is 4.42 Å². The zero-order chi connectivity index (χ0) is 26.4. The molecular weight excluding hydrogens is 488 g/mol. The highest BCUT2D eigenvalue weighted by atomic mass is 16.3. The molecule has 0 unspecified atom stereocenters. The highest BCUT2D eigenvalue weighted by molar-refractivity contribution is 6.14. The van der Waals surface area contributed by atoms with Gasteiger partial charge in [0.05, 0.1) is 27.8 Å². The number of hydrogen-bond donors (Lipinski definition) is 0. The first-order chi connectivity index (χ1) is 19.8. The molecule has 0 fully saturated rings. The lowest BCUT2D eigenvalue weighted by molar-refractivity contribution is 0.666. The molecule has 9 aromatic rings. The maximum atomic E-state index is 6.47. The largest absolute Gasteiger partial charge is 0.454 e. The van der Waals surface area contributed by atoms with Gasteiger partial charge in [-0.15, -0.1) is 0 Å². The number of hydrogen-bond acceptors (Lipinski definition) is 1. The lowest BCUT2D eigenvalue weighted by Crippen LogP contribution is -1.96. The zero-order valence-corrected chi connectivity index (χ0v) is 21.9. The summed E-state index contributed by atoms with van der Waals surface area (Å²) in [6.07, 6.45) is 0. The third-order valence-corrected chi connectivity index (χ3v) is 8.37. The van der Waals surface area contributed by atoms with E-state index in [9.17, 15) is 0 Å². The molecule has 0 aliphatic rings. The van der Waals surface area contributed by atoms with Crippen LogP contribution in [0.25, 0.3) is 76.9 Å². The highest BCUT2D eigenvalue weighted by Gasteiger charge is 2.19. The van der Waals surface area contributed by atoms with Crippen LogP contribution in [0.15, 0.2) is 132 Å². The van der Waals surface area contributed by atoms with E-state index in [0.717, 1.165) is 38.8 Å². The number of furan rings is 1. The summed E-state index contributed by atoms with van der Waals surface area (Å²) >= 11 is 0. The minimum absolute atomic E-state index is 0.910. The average molecular weight is 513 g/mol. The van der Waals surface area contributed by atoms with E-state index in [-0.39, 0.29) is 0 Å². The van der Waals surface area contributed by atoms with Gasteiger partial charge in [-0.3, -0.25) is 0 Å². The topological polar surface area (TPSA) is 23.0 Å². The fourth-order valence-electron chi connectivity index (χ4n) is 6.63. The van der Waals surface area contributed by atoms with Crippen molar-refractivity contribution in [2.24, 2.45) is 0 Å². The van der Waals surface area contributed by atoms with Crippen LogP contribution in [-0.2, 0) is 0 Å². The molecule has 0 aliphatic heterocycles. The van der Waals surface area contributed by atoms with E-state index < -0.39 is 0 Å². The third-order valence-electron chi connectivity index (χ3n) is 8.37. The van der Waals surface area contributed by atoms with Gasteiger partial charge in [0.1, 0.15) is 5.58 Å². The Morgan fingerprint density at radius 2 is 1.05 bits per heavy atom. The second kappa shape index (κ2) is 7.87. The number of para-hydroxylation sites is 4. The SMILES string of the molecule is Cc1ccc2c(c1)c1ccccc1n2-c1ccc2c(c1)c1ccccc1n2-c1cccc2c1oc1ccccc12. The molecule has 9 rings (SSSR count). The van der Waals surface area contributed by atoms with Crippen LogP contribution in [0.2, 0.25) is 0 Å². The van der Waals surface area contributed by atoms with Gasteiger partial charge in [0.15, 0.2) is 5.58 Å². The Balaban J connectivity index is 1.37. The molecule has 0 atom stereocenters. The van der Waals surface area contributed by atoms with E-state index in [1.54, 1.807) is 0 Å². The van der Waals surface area contributed by atoms with Crippen molar-refractivity contribution >= 4 is 65.6 Å². The standard InChI is InChI=1S/C37H24N2O/c1-23-17-19-33-29(21-23)25-9-2-5-13-31(25)38(33)24-18-20-34-30(22-24)26-10-3-6-14-32(26)39(34)35-15-8-12-28-27-11-4-7-16-36(27)40-37(28)35/h2-22H,1H3. The van der Waals surface area contributed by atoms with E-state index in [4.69, 9.17) is 4.42 Å². The predicted molar refractivity (Wildman–Crippen MR) is 167 cm³/mol. The molecule has 0 radical (unpaired) electrons. The maximum Gasteiger partial charge on any atom is 0.159 e. The number of fused-ring (bicyclic) bond motifs is 9. The lowest BCUT2D eigenvalue weighted by atomic mass is 10.1. The molecule has 6 aromatic carbocycles.